The molecular formula is C24H33N5O4. The summed E-state index contributed by atoms with van der Waals surface area (Å²) in [5.74, 6) is -0.158. The van der Waals surface area contributed by atoms with Crippen molar-refractivity contribution in [3.05, 3.63) is 59.9 Å². The minimum atomic E-state index is -0.759. The van der Waals surface area contributed by atoms with Crippen LogP contribution in [0.1, 0.15) is 31.4 Å². The molecule has 3 atom stereocenters. The molecule has 1 fully saturated rings. The highest BCUT2D eigenvalue weighted by atomic mass is 16.5. The van der Waals surface area contributed by atoms with Gasteiger partial charge in [-0.2, -0.15) is 0 Å². The van der Waals surface area contributed by atoms with Crippen molar-refractivity contribution in [1.82, 2.24) is 20.5 Å². The van der Waals surface area contributed by atoms with Crippen molar-refractivity contribution in [2.24, 2.45) is 5.92 Å². The van der Waals surface area contributed by atoms with Crippen LogP contribution in [0.5, 0.6) is 0 Å². The third-order valence-corrected chi connectivity index (χ3v) is 5.48. The van der Waals surface area contributed by atoms with E-state index in [4.69, 9.17) is 10.5 Å². The molecule has 2 unspecified atom stereocenters. The number of nitrogens with zero attached hydrogens (tertiary/aromatic N) is 2. The molecule has 0 bridgehead atoms. The Balaban J connectivity index is 1.53. The Kier molecular flexibility index (Phi) is 8.62. The second-order valence-corrected chi connectivity index (χ2v) is 8.88. The van der Waals surface area contributed by atoms with Crippen LogP contribution in [0.15, 0.2) is 48.8 Å². The van der Waals surface area contributed by atoms with E-state index < -0.39 is 24.3 Å². The predicted octanol–water partition coefficient (Wildman–Crippen LogP) is 1.67. The number of nitrogens with two attached hydrogens (primary N) is 1. The van der Waals surface area contributed by atoms with Gasteiger partial charge in [0.15, 0.2) is 0 Å². The van der Waals surface area contributed by atoms with Gasteiger partial charge in [0.1, 0.15) is 12.6 Å². The molecule has 1 aromatic heterocycles. The molecule has 9 heteroatoms. The van der Waals surface area contributed by atoms with Gasteiger partial charge in [-0.1, -0.05) is 26.0 Å². The zero-order valence-electron chi connectivity index (χ0n) is 19.1. The number of pyridine rings is 1. The minimum absolute atomic E-state index is 0.0880. The van der Waals surface area contributed by atoms with Gasteiger partial charge in [0.05, 0.1) is 12.1 Å². The summed E-state index contributed by atoms with van der Waals surface area (Å²) in [4.78, 5) is 31.3. The number of carbonyl (C=O) groups is 2. The molecule has 1 aromatic carbocycles. The largest absolute Gasteiger partial charge is 0.445 e. The smallest absolute Gasteiger partial charge is 0.408 e. The van der Waals surface area contributed by atoms with Crippen LogP contribution >= 0.6 is 0 Å². The monoisotopic (exact) mass is 455 g/mol. The third-order valence-electron chi connectivity index (χ3n) is 5.48. The van der Waals surface area contributed by atoms with Gasteiger partial charge in [0.2, 0.25) is 5.91 Å². The average molecular weight is 456 g/mol. The molecule has 0 saturated carbocycles. The Morgan fingerprint density at radius 3 is 2.67 bits per heavy atom. The van der Waals surface area contributed by atoms with Crippen molar-refractivity contribution in [3.63, 3.8) is 0 Å². The summed E-state index contributed by atoms with van der Waals surface area (Å²) in [5, 5.41) is 16.1. The fourth-order valence-corrected chi connectivity index (χ4v) is 3.88. The summed E-state index contributed by atoms with van der Waals surface area (Å²) in [6.07, 6.45) is 2.32. The normalized spacial score (nSPS) is 19.3. The zero-order chi connectivity index (χ0) is 23.8. The molecule has 178 valence electrons. The number of aromatic nitrogens is 1. The van der Waals surface area contributed by atoms with Crippen LogP contribution in [0.3, 0.4) is 0 Å². The number of benzene rings is 1. The molecule has 9 nitrogen and oxygen atoms in total. The van der Waals surface area contributed by atoms with E-state index in [0.29, 0.717) is 31.7 Å². The Morgan fingerprint density at radius 2 is 1.97 bits per heavy atom. The molecule has 1 aliphatic heterocycles. The average Bonchev–Trinajstić information content (AvgIpc) is 3.10. The van der Waals surface area contributed by atoms with Crippen molar-refractivity contribution in [3.8, 4) is 0 Å². The number of alkyl carbamates (subject to hydrolysis) is 1. The van der Waals surface area contributed by atoms with Gasteiger partial charge in [0.25, 0.3) is 0 Å². The molecule has 1 saturated heterocycles. The predicted molar refractivity (Wildman–Crippen MR) is 125 cm³/mol. The lowest BCUT2D eigenvalue weighted by atomic mass is 10.0. The molecule has 2 amide bonds. The number of nitrogens with one attached hydrogen (secondary N) is 2. The van der Waals surface area contributed by atoms with Gasteiger partial charge in [-0.3, -0.25) is 14.7 Å². The van der Waals surface area contributed by atoms with E-state index >= 15 is 0 Å². The number of hydrogen-bond donors (Lipinski definition) is 4. The van der Waals surface area contributed by atoms with E-state index in [0.717, 1.165) is 11.1 Å². The van der Waals surface area contributed by atoms with Crippen molar-refractivity contribution in [2.45, 2.75) is 51.6 Å². The van der Waals surface area contributed by atoms with Crippen LogP contribution in [0, 0.1) is 5.92 Å². The number of nitrogen functional groups attached to an aromatic ring is 1. The van der Waals surface area contributed by atoms with Gasteiger partial charge in [-0.15, -0.1) is 0 Å². The maximum absolute atomic E-state index is 13.0. The van der Waals surface area contributed by atoms with E-state index in [-0.39, 0.29) is 18.4 Å². The Morgan fingerprint density at radius 1 is 1.21 bits per heavy atom. The highest BCUT2D eigenvalue weighted by Gasteiger charge is 2.34. The van der Waals surface area contributed by atoms with Crippen LogP contribution in [0.25, 0.3) is 0 Å². The fraction of sp³-hybridized carbons (Fsp3) is 0.458. The summed E-state index contributed by atoms with van der Waals surface area (Å²) in [6.45, 7) is 5.61. The number of hydrogen-bond acceptors (Lipinski definition) is 7. The fourth-order valence-electron chi connectivity index (χ4n) is 3.88. The van der Waals surface area contributed by atoms with Crippen molar-refractivity contribution < 1.29 is 19.4 Å². The van der Waals surface area contributed by atoms with Gasteiger partial charge in [0, 0.05) is 37.7 Å². The third kappa shape index (κ3) is 7.73. The van der Waals surface area contributed by atoms with E-state index in [2.05, 4.69) is 20.5 Å². The first kappa shape index (κ1) is 24.5. The molecule has 0 spiro atoms. The number of likely N-dealkylation sites (tertiary alicyclic amines) is 1. The second-order valence-electron chi connectivity index (χ2n) is 8.88. The lowest BCUT2D eigenvalue weighted by Gasteiger charge is -2.23. The quantitative estimate of drug-likeness (QED) is 0.423. The molecule has 33 heavy (non-hydrogen) atoms. The van der Waals surface area contributed by atoms with E-state index in [1.807, 2.05) is 38.1 Å². The number of amides is 2. The first-order valence-electron chi connectivity index (χ1n) is 11.2. The number of ether oxygens (including phenoxy) is 1. The molecule has 0 radical (unpaired) electrons. The highest BCUT2D eigenvalue weighted by molar-refractivity contribution is 5.85. The molecular weight excluding hydrogens is 422 g/mol. The van der Waals surface area contributed by atoms with Crippen LogP contribution < -0.4 is 16.4 Å². The minimum Gasteiger partial charge on any atom is -0.445 e. The van der Waals surface area contributed by atoms with E-state index in [1.165, 1.54) is 0 Å². The van der Waals surface area contributed by atoms with Gasteiger partial charge < -0.3 is 26.2 Å². The Bertz CT molecular complexity index is 924. The number of rotatable bonds is 9. The summed E-state index contributed by atoms with van der Waals surface area (Å²) in [5.41, 5.74) is 8.39. The van der Waals surface area contributed by atoms with Crippen molar-refractivity contribution in [2.75, 3.05) is 18.8 Å². The standard InChI is InChI=1S/C24H33N5O4/c1-16(2)10-20(28-24(32)33-15-17-6-8-26-9-7-17)23(31)27-21-13-29(14-22(21)30)12-18-4-3-5-19(25)11-18/h3-9,11,16,20-22,30H,10,12-15,25H2,1-2H3,(H,27,31)(H,28,32)/t20-,21?,22?/m0/s1. The lowest BCUT2D eigenvalue weighted by molar-refractivity contribution is -0.124. The SMILES string of the molecule is CC(C)C[C@H](NC(=O)OCc1ccncc1)C(=O)NC1CN(Cc2cccc(N)c2)CC1O. The number of aliphatic hydroxyl groups excluding tert-OH is 1. The molecule has 3 rings (SSSR count). The zero-order valence-corrected chi connectivity index (χ0v) is 19.1. The van der Waals surface area contributed by atoms with Crippen LogP contribution in [-0.4, -0.2) is 58.3 Å². The molecule has 0 aliphatic carbocycles. The maximum Gasteiger partial charge on any atom is 0.408 e. The van der Waals surface area contributed by atoms with Crippen molar-refractivity contribution in [1.29, 1.82) is 0 Å². The van der Waals surface area contributed by atoms with Crippen molar-refractivity contribution >= 4 is 17.7 Å². The number of β-amino-alcohol motifs (C(OH)–C–C–N with tert-alkyl or cyclic N) is 1. The van der Waals surface area contributed by atoms with Crippen LogP contribution in [-0.2, 0) is 22.7 Å². The summed E-state index contributed by atoms with van der Waals surface area (Å²) in [6, 6.07) is 9.92. The Labute approximate surface area is 194 Å². The summed E-state index contributed by atoms with van der Waals surface area (Å²) >= 11 is 0. The second kappa shape index (κ2) is 11.6. The highest BCUT2D eigenvalue weighted by Crippen LogP contribution is 2.16. The first-order chi connectivity index (χ1) is 15.8. The maximum atomic E-state index is 13.0. The van der Waals surface area contributed by atoms with Crippen LogP contribution in [0.4, 0.5) is 10.5 Å². The lowest BCUT2D eigenvalue weighted by Crippen LogP contribution is -2.53. The molecule has 2 heterocycles. The summed E-state index contributed by atoms with van der Waals surface area (Å²) in [7, 11) is 0. The first-order valence-corrected chi connectivity index (χ1v) is 11.2. The molecule has 1 aliphatic rings. The van der Waals surface area contributed by atoms with E-state index in [1.54, 1.807) is 24.5 Å². The Hall–Kier alpha value is -3.17. The topological polar surface area (TPSA) is 130 Å². The van der Waals surface area contributed by atoms with Gasteiger partial charge >= 0.3 is 6.09 Å². The van der Waals surface area contributed by atoms with Gasteiger partial charge in [-0.25, -0.2) is 4.79 Å². The molecule has 2 aromatic rings. The number of carbonyl (C=O) groups excluding carboxylic acids is 2. The summed E-state index contributed by atoms with van der Waals surface area (Å²) < 4.78 is 5.25. The number of aliphatic hydroxyl groups is 1. The number of anilines is 1. The van der Waals surface area contributed by atoms with Gasteiger partial charge in [-0.05, 0) is 47.7 Å². The van der Waals surface area contributed by atoms with Crippen LogP contribution in [0.2, 0.25) is 0 Å². The molecule has 5 N–H and O–H groups in total. The van der Waals surface area contributed by atoms with E-state index in [9.17, 15) is 14.7 Å².